The third-order valence-corrected chi connectivity index (χ3v) is 4.00. The molecule has 1 heterocycles. The molecular weight excluding hydrogens is 236 g/mol. The van der Waals surface area contributed by atoms with Gasteiger partial charge in [0.05, 0.1) is 0 Å². The highest BCUT2D eigenvalue weighted by atomic mass is 32.2. The molecule has 0 unspecified atom stereocenters. The first-order chi connectivity index (χ1) is 7.72. The number of aryl methyl sites for hydroxylation is 1. The summed E-state index contributed by atoms with van der Waals surface area (Å²) in [7, 11) is 0. The van der Waals surface area contributed by atoms with Crippen LogP contribution in [0.25, 0.3) is 0 Å². The fraction of sp³-hybridized carbons (Fsp3) is 0.154. The first-order valence-electron chi connectivity index (χ1n) is 4.95. The van der Waals surface area contributed by atoms with Crippen molar-refractivity contribution in [1.82, 2.24) is 0 Å². The Morgan fingerprint density at radius 2 is 2.06 bits per heavy atom. The molecule has 0 spiro atoms. The number of thioether (sulfide) groups is 1. The van der Waals surface area contributed by atoms with Gasteiger partial charge in [-0.15, -0.1) is 23.1 Å². The highest BCUT2D eigenvalue weighted by molar-refractivity contribution is 7.98. The Kier molecular flexibility index (Phi) is 3.46. The molecule has 0 N–H and O–H groups in total. The summed E-state index contributed by atoms with van der Waals surface area (Å²) in [5, 5.41) is 1.93. The molecule has 0 saturated carbocycles. The van der Waals surface area contributed by atoms with E-state index in [1.165, 1.54) is 4.88 Å². The van der Waals surface area contributed by atoms with E-state index in [1.54, 1.807) is 23.1 Å². The number of carbonyl (C=O) groups is 1. The van der Waals surface area contributed by atoms with Gasteiger partial charge < -0.3 is 0 Å². The van der Waals surface area contributed by atoms with Crippen molar-refractivity contribution in [1.29, 1.82) is 0 Å². The molecule has 1 nitrogen and oxygen atoms in total. The maximum atomic E-state index is 12.2. The number of rotatable bonds is 3. The van der Waals surface area contributed by atoms with Gasteiger partial charge >= 0.3 is 0 Å². The van der Waals surface area contributed by atoms with E-state index in [4.69, 9.17) is 0 Å². The predicted octanol–water partition coefficient (Wildman–Crippen LogP) is 4.01. The van der Waals surface area contributed by atoms with Gasteiger partial charge in [0.2, 0.25) is 0 Å². The summed E-state index contributed by atoms with van der Waals surface area (Å²) in [6, 6.07) is 9.69. The van der Waals surface area contributed by atoms with E-state index in [-0.39, 0.29) is 5.78 Å². The second-order valence-corrected chi connectivity index (χ2v) is 5.44. The van der Waals surface area contributed by atoms with Gasteiger partial charge in [-0.2, -0.15) is 0 Å². The minimum absolute atomic E-state index is 0.120. The van der Waals surface area contributed by atoms with E-state index < -0.39 is 0 Å². The summed E-state index contributed by atoms with van der Waals surface area (Å²) in [5.41, 5.74) is 1.59. The predicted molar refractivity (Wildman–Crippen MR) is 70.7 cm³/mol. The third kappa shape index (κ3) is 2.20. The standard InChI is InChI=1S/C13H12OS2/c1-9-7-10(8-16-9)13(14)11-5-3-4-6-12(11)15-2/h3-8H,1-2H3. The zero-order valence-corrected chi connectivity index (χ0v) is 10.8. The summed E-state index contributed by atoms with van der Waals surface area (Å²) in [4.78, 5) is 14.4. The minimum atomic E-state index is 0.120. The van der Waals surface area contributed by atoms with Crippen molar-refractivity contribution < 1.29 is 4.79 Å². The zero-order chi connectivity index (χ0) is 11.5. The van der Waals surface area contributed by atoms with Gasteiger partial charge in [-0.1, -0.05) is 12.1 Å². The van der Waals surface area contributed by atoms with E-state index in [0.29, 0.717) is 0 Å². The fourth-order valence-electron chi connectivity index (χ4n) is 1.55. The Bertz CT molecular complexity index is 514. The van der Waals surface area contributed by atoms with Crippen LogP contribution in [0.5, 0.6) is 0 Å². The number of benzene rings is 1. The molecule has 1 aromatic carbocycles. The molecule has 0 atom stereocenters. The second kappa shape index (κ2) is 4.85. The van der Waals surface area contributed by atoms with Crippen LogP contribution in [0.1, 0.15) is 20.8 Å². The van der Waals surface area contributed by atoms with E-state index in [1.807, 2.05) is 48.9 Å². The van der Waals surface area contributed by atoms with E-state index >= 15 is 0 Å². The van der Waals surface area contributed by atoms with Crippen LogP contribution in [-0.2, 0) is 0 Å². The molecule has 0 fully saturated rings. The second-order valence-electron chi connectivity index (χ2n) is 3.48. The van der Waals surface area contributed by atoms with Crippen molar-refractivity contribution >= 4 is 28.9 Å². The van der Waals surface area contributed by atoms with Crippen LogP contribution < -0.4 is 0 Å². The Morgan fingerprint density at radius 1 is 1.31 bits per heavy atom. The maximum Gasteiger partial charge on any atom is 0.194 e. The van der Waals surface area contributed by atoms with Crippen LogP contribution >= 0.6 is 23.1 Å². The van der Waals surface area contributed by atoms with Gasteiger partial charge in [0, 0.05) is 26.3 Å². The topological polar surface area (TPSA) is 17.1 Å². The Balaban J connectivity index is 2.41. The highest BCUT2D eigenvalue weighted by Gasteiger charge is 2.13. The summed E-state index contributed by atoms with van der Waals surface area (Å²) in [6.45, 7) is 2.02. The lowest BCUT2D eigenvalue weighted by atomic mass is 10.1. The lowest BCUT2D eigenvalue weighted by Gasteiger charge is -2.04. The van der Waals surface area contributed by atoms with Crippen molar-refractivity contribution in [3.63, 3.8) is 0 Å². The van der Waals surface area contributed by atoms with Crippen LogP contribution in [0.15, 0.2) is 40.6 Å². The van der Waals surface area contributed by atoms with Crippen molar-refractivity contribution in [3.05, 3.63) is 51.7 Å². The van der Waals surface area contributed by atoms with Gasteiger partial charge in [0.15, 0.2) is 5.78 Å². The molecule has 16 heavy (non-hydrogen) atoms. The number of thiophene rings is 1. The number of hydrogen-bond acceptors (Lipinski definition) is 3. The summed E-state index contributed by atoms with van der Waals surface area (Å²) in [6.07, 6.45) is 1.99. The van der Waals surface area contributed by atoms with Gasteiger partial charge in [-0.05, 0) is 31.4 Å². The molecule has 82 valence electrons. The summed E-state index contributed by atoms with van der Waals surface area (Å²) >= 11 is 3.22. The van der Waals surface area contributed by atoms with Crippen LogP contribution in [0.3, 0.4) is 0 Å². The first-order valence-corrected chi connectivity index (χ1v) is 7.05. The normalized spacial score (nSPS) is 10.4. The highest BCUT2D eigenvalue weighted by Crippen LogP contribution is 2.24. The fourth-order valence-corrected chi connectivity index (χ4v) is 2.83. The molecule has 3 heteroatoms. The molecule has 0 aliphatic rings. The molecule has 2 rings (SSSR count). The maximum absolute atomic E-state index is 12.2. The van der Waals surface area contributed by atoms with Crippen LogP contribution in [0, 0.1) is 6.92 Å². The SMILES string of the molecule is CSc1ccccc1C(=O)c1csc(C)c1. The lowest BCUT2D eigenvalue weighted by molar-refractivity contribution is 0.103. The molecular formula is C13H12OS2. The zero-order valence-electron chi connectivity index (χ0n) is 9.19. The van der Waals surface area contributed by atoms with Crippen LogP contribution in [-0.4, -0.2) is 12.0 Å². The number of hydrogen-bond donors (Lipinski definition) is 0. The van der Waals surface area contributed by atoms with Gasteiger partial charge in [0.1, 0.15) is 0 Å². The number of ketones is 1. The van der Waals surface area contributed by atoms with Crippen molar-refractivity contribution in [2.45, 2.75) is 11.8 Å². The van der Waals surface area contributed by atoms with Crippen molar-refractivity contribution in [2.75, 3.05) is 6.26 Å². The average Bonchev–Trinajstić information content (AvgIpc) is 2.75. The number of carbonyl (C=O) groups excluding carboxylic acids is 1. The molecule has 0 saturated heterocycles. The summed E-state index contributed by atoms with van der Waals surface area (Å²) < 4.78 is 0. The summed E-state index contributed by atoms with van der Waals surface area (Å²) in [5.74, 6) is 0.120. The van der Waals surface area contributed by atoms with E-state index in [0.717, 1.165) is 16.0 Å². The quantitative estimate of drug-likeness (QED) is 0.603. The van der Waals surface area contributed by atoms with Crippen LogP contribution in [0.2, 0.25) is 0 Å². The largest absolute Gasteiger partial charge is 0.289 e. The molecule has 0 aliphatic carbocycles. The Morgan fingerprint density at radius 3 is 2.69 bits per heavy atom. The first kappa shape index (κ1) is 11.4. The Labute approximate surface area is 104 Å². The van der Waals surface area contributed by atoms with Gasteiger partial charge in [-0.25, -0.2) is 0 Å². The van der Waals surface area contributed by atoms with Crippen molar-refractivity contribution in [3.8, 4) is 0 Å². The molecule has 1 aromatic heterocycles. The molecule has 0 aliphatic heterocycles. The van der Waals surface area contributed by atoms with Gasteiger partial charge in [0.25, 0.3) is 0 Å². The Hall–Kier alpha value is -1.06. The average molecular weight is 248 g/mol. The van der Waals surface area contributed by atoms with Crippen molar-refractivity contribution in [2.24, 2.45) is 0 Å². The van der Waals surface area contributed by atoms with E-state index in [9.17, 15) is 4.79 Å². The third-order valence-electron chi connectivity index (χ3n) is 2.34. The van der Waals surface area contributed by atoms with Crippen LogP contribution in [0.4, 0.5) is 0 Å². The molecule has 0 amide bonds. The molecule has 0 bridgehead atoms. The molecule has 2 aromatic rings. The van der Waals surface area contributed by atoms with E-state index in [2.05, 4.69) is 0 Å². The lowest BCUT2D eigenvalue weighted by Crippen LogP contribution is -2.01. The minimum Gasteiger partial charge on any atom is -0.289 e. The monoisotopic (exact) mass is 248 g/mol. The smallest absolute Gasteiger partial charge is 0.194 e. The molecule has 0 radical (unpaired) electrons. The van der Waals surface area contributed by atoms with Gasteiger partial charge in [-0.3, -0.25) is 4.79 Å².